The average molecular weight is 273 g/mol. The Kier molecular flexibility index (Phi) is 5.35. The molecule has 0 spiro atoms. The van der Waals surface area contributed by atoms with Crippen LogP contribution in [-0.2, 0) is 12.7 Å². The minimum atomic E-state index is -4.29. The number of halogens is 3. The number of hydrogen-bond acceptors (Lipinski definition) is 2. The molecule has 6 heteroatoms. The quantitative estimate of drug-likeness (QED) is 0.618. The molecule has 1 aromatic carbocycles. The van der Waals surface area contributed by atoms with E-state index in [0.717, 1.165) is 24.2 Å². The fraction of sp³-hybridized carbons (Fsp3) is 0.462. The SMILES string of the molecule is CCN(CCC(=N)N)Cc1ccc(C(F)(F)F)cc1. The Balaban J connectivity index is 2.63. The molecule has 0 radical (unpaired) electrons. The first-order valence-electron chi connectivity index (χ1n) is 6.04. The number of amidine groups is 1. The molecule has 19 heavy (non-hydrogen) atoms. The average Bonchev–Trinajstić information content (AvgIpc) is 2.33. The van der Waals surface area contributed by atoms with Crippen LogP contribution in [0.1, 0.15) is 24.5 Å². The van der Waals surface area contributed by atoms with Crippen molar-refractivity contribution < 1.29 is 13.2 Å². The van der Waals surface area contributed by atoms with Crippen LogP contribution in [0, 0.1) is 5.41 Å². The predicted molar refractivity (Wildman–Crippen MR) is 68.9 cm³/mol. The van der Waals surface area contributed by atoms with Crippen molar-refractivity contribution >= 4 is 5.84 Å². The molecule has 0 fully saturated rings. The summed E-state index contributed by atoms with van der Waals surface area (Å²) in [6.45, 7) is 3.91. The number of nitrogens with one attached hydrogen (secondary N) is 1. The first kappa shape index (κ1) is 15.5. The van der Waals surface area contributed by atoms with Crippen LogP contribution in [0.25, 0.3) is 0 Å². The maximum Gasteiger partial charge on any atom is 0.416 e. The van der Waals surface area contributed by atoms with Crippen molar-refractivity contribution in [2.75, 3.05) is 13.1 Å². The number of benzene rings is 1. The fourth-order valence-electron chi connectivity index (χ4n) is 1.68. The van der Waals surface area contributed by atoms with E-state index in [1.54, 1.807) is 0 Å². The molecule has 0 unspecified atom stereocenters. The first-order valence-corrected chi connectivity index (χ1v) is 6.04. The molecule has 3 N–H and O–H groups in total. The van der Waals surface area contributed by atoms with Gasteiger partial charge in [0.15, 0.2) is 0 Å². The van der Waals surface area contributed by atoms with Crippen molar-refractivity contribution in [1.82, 2.24) is 4.90 Å². The molecule has 106 valence electrons. The molecule has 0 aliphatic carbocycles. The highest BCUT2D eigenvalue weighted by Crippen LogP contribution is 2.29. The molecule has 3 nitrogen and oxygen atoms in total. The molecule has 0 heterocycles. The summed E-state index contributed by atoms with van der Waals surface area (Å²) in [6.07, 6.45) is -3.83. The summed E-state index contributed by atoms with van der Waals surface area (Å²) in [6, 6.07) is 5.15. The van der Waals surface area contributed by atoms with Crippen molar-refractivity contribution in [2.45, 2.75) is 26.1 Å². The van der Waals surface area contributed by atoms with Crippen LogP contribution in [0.15, 0.2) is 24.3 Å². The van der Waals surface area contributed by atoms with E-state index in [-0.39, 0.29) is 5.84 Å². The molecular formula is C13H18F3N3. The van der Waals surface area contributed by atoms with Crippen LogP contribution < -0.4 is 5.73 Å². The topological polar surface area (TPSA) is 53.1 Å². The number of nitrogens with two attached hydrogens (primary N) is 1. The summed E-state index contributed by atoms with van der Waals surface area (Å²) in [7, 11) is 0. The van der Waals surface area contributed by atoms with Gasteiger partial charge in [0.05, 0.1) is 11.4 Å². The van der Waals surface area contributed by atoms with Crippen molar-refractivity contribution in [3.63, 3.8) is 0 Å². The van der Waals surface area contributed by atoms with Gasteiger partial charge in [0.1, 0.15) is 0 Å². The van der Waals surface area contributed by atoms with Gasteiger partial charge in [-0.2, -0.15) is 13.2 Å². The van der Waals surface area contributed by atoms with E-state index in [9.17, 15) is 13.2 Å². The molecule has 0 amide bonds. The van der Waals surface area contributed by atoms with Crippen LogP contribution >= 0.6 is 0 Å². The summed E-state index contributed by atoms with van der Waals surface area (Å²) in [5.74, 6) is 0.117. The lowest BCUT2D eigenvalue weighted by Crippen LogP contribution is -2.27. The van der Waals surface area contributed by atoms with Crippen molar-refractivity contribution in [1.29, 1.82) is 5.41 Å². The summed E-state index contributed by atoms with van der Waals surface area (Å²) in [5.41, 5.74) is 5.47. The van der Waals surface area contributed by atoms with E-state index in [4.69, 9.17) is 11.1 Å². The van der Waals surface area contributed by atoms with Gasteiger partial charge in [0.25, 0.3) is 0 Å². The Hall–Kier alpha value is -1.56. The van der Waals surface area contributed by atoms with Crippen LogP contribution in [0.5, 0.6) is 0 Å². The Morgan fingerprint density at radius 1 is 1.26 bits per heavy atom. The smallest absolute Gasteiger partial charge is 0.388 e. The molecule has 0 aromatic heterocycles. The van der Waals surface area contributed by atoms with Gasteiger partial charge in [-0.15, -0.1) is 0 Å². The molecule has 0 saturated carbocycles. The molecule has 0 aliphatic heterocycles. The lowest BCUT2D eigenvalue weighted by atomic mass is 10.1. The molecular weight excluding hydrogens is 255 g/mol. The van der Waals surface area contributed by atoms with Crippen LogP contribution in [0.3, 0.4) is 0 Å². The molecule has 1 aromatic rings. The third-order valence-electron chi connectivity index (χ3n) is 2.83. The van der Waals surface area contributed by atoms with Crippen LogP contribution in [0.4, 0.5) is 13.2 Å². The zero-order valence-corrected chi connectivity index (χ0v) is 10.8. The van der Waals surface area contributed by atoms with Gasteiger partial charge in [-0.3, -0.25) is 10.3 Å². The van der Waals surface area contributed by atoms with E-state index in [2.05, 4.69) is 0 Å². The zero-order valence-electron chi connectivity index (χ0n) is 10.8. The molecule has 0 saturated heterocycles. The molecule has 0 bridgehead atoms. The monoisotopic (exact) mass is 273 g/mol. The second-order valence-electron chi connectivity index (χ2n) is 4.34. The van der Waals surface area contributed by atoms with Gasteiger partial charge in [-0.25, -0.2) is 0 Å². The number of nitrogens with zero attached hydrogens (tertiary/aromatic N) is 1. The third kappa shape index (κ3) is 5.30. The number of rotatable bonds is 6. The van der Waals surface area contributed by atoms with E-state index in [0.29, 0.717) is 19.5 Å². The van der Waals surface area contributed by atoms with E-state index in [1.807, 2.05) is 11.8 Å². The van der Waals surface area contributed by atoms with Crippen molar-refractivity contribution in [3.8, 4) is 0 Å². The van der Waals surface area contributed by atoms with Gasteiger partial charge >= 0.3 is 6.18 Å². The summed E-state index contributed by atoms with van der Waals surface area (Å²) < 4.78 is 37.2. The summed E-state index contributed by atoms with van der Waals surface area (Å²) in [5, 5.41) is 7.17. The lowest BCUT2D eigenvalue weighted by molar-refractivity contribution is -0.137. The molecule has 0 atom stereocenters. The van der Waals surface area contributed by atoms with Crippen LogP contribution in [0.2, 0.25) is 0 Å². The Labute approximate surface area is 110 Å². The maximum atomic E-state index is 12.4. The Morgan fingerprint density at radius 2 is 1.84 bits per heavy atom. The van der Waals surface area contributed by atoms with E-state index in [1.165, 1.54) is 12.1 Å². The standard InChI is InChI=1S/C13H18F3N3/c1-2-19(8-7-12(17)18)9-10-3-5-11(6-4-10)13(14,15)16/h3-6H,2,7-9H2,1H3,(H3,17,18). The van der Waals surface area contributed by atoms with Gasteiger partial charge in [0, 0.05) is 19.5 Å². The summed E-state index contributed by atoms with van der Waals surface area (Å²) >= 11 is 0. The zero-order chi connectivity index (χ0) is 14.5. The van der Waals surface area contributed by atoms with Gasteiger partial charge in [-0.1, -0.05) is 19.1 Å². The largest absolute Gasteiger partial charge is 0.416 e. The predicted octanol–water partition coefficient (Wildman–Crippen LogP) is 2.85. The fourth-order valence-corrected chi connectivity index (χ4v) is 1.68. The first-order chi connectivity index (χ1) is 8.82. The van der Waals surface area contributed by atoms with Crippen molar-refractivity contribution in [2.24, 2.45) is 5.73 Å². The Morgan fingerprint density at radius 3 is 2.26 bits per heavy atom. The van der Waals surface area contributed by atoms with Gasteiger partial charge in [0.2, 0.25) is 0 Å². The highest BCUT2D eigenvalue weighted by atomic mass is 19.4. The number of alkyl halides is 3. The van der Waals surface area contributed by atoms with Gasteiger partial charge in [-0.05, 0) is 24.2 Å². The normalized spacial score (nSPS) is 11.8. The second kappa shape index (κ2) is 6.56. The maximum absolute atomic E-state index is 12.4. The third-order valence-corrected chi connectivity index (χ3v) is 2.83. The molecule has 1 rings (SSSR count). The highest BCUT2D eigenvalue weighted by Gasteiger charge is 2.29. The van der Waals surface area contributed by atoms with Crippen LogP contribution in [-0.4, -0.2) is 23.8 Å². The minimum absolute atomic E-state index is 0.117. The minimum Gasteiger partial charge on any atom is -0.388 e. The number of hydrogen-bond donors (Lipinski definition) is 2. The van der Waals surface area contributed by atoms with E-state index < -0.39 is 11.7 Å². The van der Waals surface area contributed by atoms with E-state index >= 15 is 0 Å². The summed E-state index contributed by atoms with van der Waals surface area (Å²) in [4.78, 5) is 2.03. The van der Waals surface area contributed by atoms with Crippen molar-refractivity contribution in [3.05, 3.63) is 35.4 Å². The Bertz CT molecular complexity index is 412. The van der Waals surface area contributed by atoms with Gasteiger partial charge < -0.3 is 5.73 Å². The molecule has 0 aliphatic rings. The highest BCUT2D eigenvalue weighted by molar-refractivity contribution is 5.76. The second-order valence-corrected chi connectivity index (χ2v) is 4.34. The lowest BCUT2D eigenvalue weighted by Gasteiger charge is -2.20.